The van der Waals surface area contributed by atoms with Crippen molar-refractivity contribution in [2.45, 2.75) is 50.9 Å². The zero-order chi connectivity index (χ0) is 12.9. The summed E-state index contributed by atoms with van der Waals surface area (Å²) in [5.41, 5.74) is 0. The minimum absolute atomic E-state index is 0.0857. The SMILES string of the molecule is CNCCC1CCC(CC(F)C(F)(F)F)CC1. The fraction of sp³-hybridized carbons (Fsp3) is 1.00. The van der Waals surface area contributed by atoms with Gasteiger partial charge in [0.2, 0.25) is 0 Å². The molecule has 0 radical (unpaired) electrons. The smallest absolute Gasteiger partial charge is 0.320 e. The Hall–Kier alpha value is -0.320. The lowest BCUT2D eigenvalue weighted by molar-refractivity contribution is -0.185. The molecule has 17 heavy (non-hydrogen) atoms. The van der Waals surface area contributed by atoms with E-state index < -0.39 is 12.3 Å². The molecule has 1 rings (SSSR count). The van der Waals surface area contributed by atoms with Crippen LogP contribution < -0.4 is 5.32 Å². The Balaban J connectivity index is 2.23. The molecule has 0 aliphatic heterocycles. The van der Waals surface area contributed by atoms with E-state index in [9.17, 15) is 17.6 Å². The lowest BCUT2D eigenvalue weighted by atomic mass is 9.78. The van der Waals surface area contributed by atoms with E-state index in [-0.39, 0.29) is 12.3 Å². The topological polar surface area (TPSA) is 12.0 Å². The molecule has 1 fully saturated rings. The monoisotopic (exact) mass is 255 g/mol. The Labute approximate surface area is 100.0 Å². The predicted octanol–water partition coefficient (Wildman–Crippen LogP) is 3.69. The van der Waals surface area contributed by atoms with Crippen molar-refractivity contribution in [1.82, 2.24) is 5.32 Å². The largest absolute Gasteiger partial charge is 0.419 e. The van der Waals surface area contributed by atoms with Gasteiger partial charge in [0, 0.05) is 0 Å². The molecule has 0 aromatic rings. The highest BCUT2D eigenvalue weighted by molar-refractivity contribution is 4.77. The van der Waals surface area contributed by atoms with E-state index >= 15 is 0 Å². The van der Waals surface area contributed by atoms with Gasteiger partial charge in [-0.3, -0.25) is 0 Å². The molecule has 102 valence electrons. The molecule has 0 saturated heterocycles. The molecule has 1 atom stereocenters. The Morgan fingerprint density at radius 2 is 1.65 bits per heavy atom. The van der Waals surface area contributed by atoms with Gasteiger partial charge < -0.3 is 5.32 Å². The van der Waals surface area contributed by atoms with E-state index in [1.807, 2.05) is 7.05 Å². The summed E-state index contributed by atoms with van der Waals surface area (Å²) < 4.78 is 49.1. The van der Waals surface area contributed by atoms with Crippen LogP contribution >= 0.6 is 0 Å². The van der Waals surface area contributed by atoms with Crippen molar-refractivity contribution in [3.8, 4) is 0 Å². The molecule has 1 saturated carbocycles. The molecular weight excluding hydrogens is 234 g/mol. The molecule has 1 nitrogen and oxygen atoms in total. The average Bonchev–Trinajstić information content (AvgIpc) is 2.27. The molecule has 0 heterocycles. The molecule has 0 spiro atoms. The van der Waals surface area contributed by atoms with Gasteiger partial charge in [-0.05, 0) is 38.3 Å². The molecule has 0 aromatic carbocycles. The Kier molecular flexibility index (Phi) is 5.70. The summed E-state index contributed by atoms with van der Waals surface area (Å²) in [5, 5.41) is 3.07. The third-order valence-corrected chi connectivity index (χ3v) is 3.66. The summed E-state index contributed by atoms with van der Waals surface area (Å²) >= 11 is 0. The average molecular weight is 255 g/mol. The van der Waals surface area contributed by atoms with Crippen LogP contribution in [-0.2, 0) is 0 Å². The number of hydrogen-bond acceptors (Lipinski definition) is 1. The van der Waals surface area contributed by atoms with Gasteiger partial charge in [-0.1, -0.05) is 25.7 Å². The maximum atomic E-state index is 12.9. The molecule has 0 bridgehead atoms. The van der Waals surface area contributed by atoms with Crippen molar-refractivity contribution < 1.29 is 17.6 Å². The van der Waals surface area contributed by atoms with Gasteiger partial charge in [-0.15, -0.1) is 0 Å². The van der Waals surface area contributed by atoms with Gasteiger partial charge in [0.15, 0.2) is 6.17 Å². The minimum Gasteiger partial charge on any atom is -0.320 e. The van der Waals surface area contributed by atoms with E-state index in [0.29, 0.717) is 5.92 Å². The molecule has 1 unspecified atom stereocenters. The predicted molar refractivity (Wildman–Crippen MR) is 59.6 cm³/mol. The standard InChI is InChI=1S/C12H21F4N/c1-17-7-6-9-2-4-10(5-3-9)8-11(13)12(14,15)16/h9-11,17H,2-8H2,1H3. The summed E-state index contributed by atoms with van der Waals surface area (Å²) in [7, 11) is 1.89. The lowest BCUT2D eigenvalue weighted by Crippen LogP contribution is -2.28. The Morgan fingerprint density at radius 3 is 2.12 bits per heavy atom. The first-order chi connectivity index (χ1) is 7.93. The second-order valence-electron chi connectivity index (χ2n) is 5.02. The Morgan fingerprint density at radius 1 is 1.12 bits per heavy atom. The first-order valence-corrected chi connectivity index (χ1v) is 6.29. The minimum atomic E-state index is -4.68. The zero-order valence-electron chi connectivity index (χ0n) is 10.2. The summed E-state index contributed by atoms with van der Waals surface area (Å²) in [6.45, 7) is 0.948. The highest BCUT2D eigenvalue weighted by atomic mass is 19.4. The first kappa shape index (κ1) is 14.7. The molecule has 5 heteroatoms. The number of hydrogen-bond donors (Lipinski definition) is 1. The van der Waals surface area contributed by atoms with Gasteiger partial charge in [0.25, 0.3) is 0 Å². The highest BCUT2D eigenvalue weighted by Crippen LogP contribution is 2.36. The second kappa shape index (κ2) is 6.57. The van der Waals surface area contributed by atoms with Gasteiger partial charge >= 0.3 is 6.18 Å². The number of alkyl halides is 4. The maximum Gasteiger partial charge on any atom is 0.419 e. The van der Waals surface area contributed by atoms with E-state index in [4.69, 9.17) is 0 Å². The van der Waals surface area contributed by atoms with E-state index in [1.54, 1.807) is 0 Å². The van der Waals surface area contributed by atoms with Crippen LogP contribution in [0.5, 0.6) is 0 Å². The third kappa shape index (κ3) is 5.23. The van der Waals surface area contributed by atoms with Crippen molar-refractivity contribution in [2.24, 2.45) is 11.8 Å². The van der Waals surface area contributed by atoms with Crippen molar-refractivity contribution >= 4 is 0 Å². The fourth-order valence-corrected chi connectivity index (χ4v) is 2.53. The normalized spacial score (nSPS) is 28.1. The Bertz CT molecular complexity index is 209. The third-order valence-electron chi connectivity index (χ3n) is 3.66. The molecule has 1 aliphatic carbocycles. The van der Waals surface area contributed by atoms with E-state index in [0.717, 1.165) is 38.6 Å². The quantitative estimate of drug-likeness (QED) is 0.739. The second-order valence-corrected chi connectivity index (χ2v) is 5.02. The number of rotatable bonds is 5. The van der Waals surface area contributed by atoms with Crippen molar-refractivity contribution in [3.05, 3.63) is 0 Å². The van der Waals surface area contributed by atoms with Gasteiger partial charge in [0.1, 0.15) is 0 Å². The van der Waals surface area contributed by atoms with E-state index in [2.05, 4.69) is 5.32 Å². The zero-order valence-corrected chi connectivity index (χ0v) is 10.2. The van der Waals surface area contributed by atoms with Crippen molar-refractivity contribution in [3.63, 3.8) is 0 Å². The van der Waals surface area contributed by atoms with Crippen molar-refractivity contribution in [1.29, 1.82) is 0 Å². The van der Waals surface area contributed by atoms with Crippen LogP contribution in [0.25, 0.3) is 0 Å². The molecule has 0 amide bonds. The van der Waals surface area contributed by atoms with Crippen LogP contribution in [0, 0.1) is 11.8 Å². The maximum absolute atomic E-state index is 12.9. The number of halogens is 4. The van der Waals surface area contributed by atoms with Crippen LogP contribution in [0.4, 0.5) is 17.6 Å². The lowest BCUT2D eigenvalue weighted by Gasteiger charge is -2.29. The summed E-state index contributed by atoms with van der Waals surface area (Å²) in [6, 6.07) is 0. The van der Waals surface area contributed by atoms with E-state index in [1.165, 1.54) is 0 Å². The summed E-state index contributed by atoms with van der Waals surface area (Å²) in [5.74, 6) is 0.514. The van der Waals surface area contributed by atoms with Gasteiger partial charge in [-0.25, -0.2) is 4.39 Å². The van der Waals surface area contributed by atoms with Crippen LogP contribution in [-0.4, -0.2) is 25.9 Å². The molecule has 0 aromatic heterocycles. The van der Waals surface area contributed by atoms with Gasteiger partial charge in [-0.2, -0.15) is 13.2 Å². The van der Waals surface area contributed by atoms with Crippen LogP contribution in [0.1, 0.15) is 38.5 Å². The molecular formula is C12H21F4N. The van der Waals surface area contributed by atoms with Gasteiger partial charge in [0.05, 0.1) is 0 Å². The molecule has 1 aliphatic rings. The summed E-state index contributed by atoms with van der Waals surface area (Å²) in [6.07, 6.45) is -3.22. The number of nitrogens with one attached hydrogen (secondary N) is 1. The van der Waals surface area contributed by atoms with Crippen LogP contribution in [0.2, 0.25) is 0 Å². The fourth-order valence-electron chi connectivity index (χ4n) is 2.53. The summed E-state index contributed by atoms with van der Waals surface area (Å²) in [4.78, 5) is 0. The van der Waals surface area contributed by atoms with Crippen LogP contribution in [0.3, 0.4) is 0 Å². The highest BCUT2D eigenvalue weighted by Gasteiger charge is 2.41. The first-order valence-electron chi connectivity index (χ1n) is 6.29. The van der Waals surface area contributed by atoms with Crippen molar-refractivity contribution in [2.75, 3.05) is 13.6 Å². The van der Waals surface area contributed by atoms with Crippen LogP contribution in [0.15, 0.2) is 0 Å². The molecule has 1 N–H and O–H groups in total.